The molecule has 0 bridgehead atoms. The molecule has 5 nitrogen and oxygen atoms in total. The molecule has 2 aliphatic rings. The molecule has 0 unspecified atom stereocenters. The summed E-state index contributed by atoms with van der Waals surface area (Å²) in [6, 6.07) is 0. The lowest BCUT2D eigenvalue weighted by molar-refractivity contribution is 0.174. The molecule has 0 amide bonds. The quantitative estimate of drug-likeness (QED) is 0.433. The first kappa shape index (κ1) is 5.45. The lowest BCUT2D eigenvalue weighted by Gasteiger charge is -2.17. The standard InChI is InChI=1S/C5H7N5/c6-10-4-5-7-2-1-3-9(5)8-10/h1-4,8H,6H2. The van der Waals surface area contributed by atoms with Crippen LogP contribution in [-0.4, -0.2) is 16.3 Å². The van der Waals surface area contributed by atoms with Crippen LogP contribution in [0.1, 0.15) is 0 Å². The van der Waals surface area contributed by atoms with Crippen molar-refractivity contribution in [2.45, 2.75) is 0 Å². The van der Waals surface area contributed by atoms with Crippen LogP contribution in [0.25, 0.3) is 0 Å². The minimum atomic E-state index is 0.796. The molecule has 2 heterocycles. The van der Waals surface area contributed by atoms with E-state index in [0.717, 1.165) is 5.82 Å². The Bertz CT molecular complexity index is 228. The Morgan fingerprint density at radius 2 is 2.50 bits per heavy atom. The fourth-order valence-corrected chi connectivity index (χ4v) is 0.840. The third-order valence-electron chi connectivity index (χ3n) is 1.25. The summed E-state index contributed by atoms with van der Waals surface area (Å²) >= 11 is 0. The molecule has 0 saturated carbocycles. The second kappa shape index (κ2) is 1.83. The van der Waals surface area contributed by atoms with Crippen molar-refractivity contribution in [2.24, 2.45) is 10.8 Å². The number of rotatable bonds is 0. The van der Waals surface area contributed by atoms with Gasteiger partial charge in [0.2, 0.25) is 0 Å². The van der Waals surface area contributed by atoms with E-state index in [1.54, 1.807) is 17.4 Å². The SMILES string of the molecule is NN1C=C2N=CC=CN2N1. The summed E-state index contributed by atoms with van der Waals surface area (Å²) in [6.45, 7) is 0. The Morgan fingerprint density at radius 3 is 3.30 bits per heavy atom. The number of hydrogen-bond acceptors (Lipinski definition) is 5. The van der Waals surface area contributed by atoms with Crippen molar-refractivity contribution in [3.63, 3.8) is 0 Å². The molecule has 52 valence electrons. The van der Waals surface area contributed by atoms with E-state index in [4.69, 9.17) is 5.84 Å². The molecule has 2 rings (SSSR count). The molecule has 5 heteroatoms. The number of nitrogens with two attached hydrogens (primary N) is 1. The molecule has 0 fully saturated rings. The Hall–Kier alpha value is -1.33. The third-order valence-corrected chi connectivity index (χ3v) is 1.25. The molecule has 0 radical (unpaired) electrons. The van der Waals surface area contributed by atoms with Crippen LogP contribution >= 0.6 is 0 Å². The summed E-state index contributed by atoms with van der Waals surface area (Å²) in [7, 11) is 0. The first-order valence-electron chi connectivity index (χ1n) is 2.88. The van der Waals surface area contributed by atoms with Gasteiger partial charge >= 0.3 is 0 Å². The van der Waals surface area contributed by atoms with Gasteiger partial charge in [-0.25, -0.2) is 21.0 Å². The van der Waals surface area contributed by atoms with Crippen molar-refractivity contribution in [3.05, 3.63) is 24.3 Å². The maximum Gasteiger partial charge on any atom is 0.167 e. The number of aliphatic imine (C=N–C) groups is 1. The van der Waals surface area contributed by atoms with Gasteiger partial charge in [-0.15, -0.1) is 5.53 Å². The number of hydrogen-bond donors (Lipinski definition) is 2. The monoisotopic (exact) mass is 137 g/mol. The molecule has 3 N–H and O–H groups in total. The van der Waals surface area contributed by atoms with Gasteiger partial charge in [0.1, 0.15) is 0 Å². The van der Waals surface area contributed by atoms with Gasteiger partial charge in [0.15, 0.2) is 5.82 Å². The average Bonchev–Trinajstić information content (AvgIpc) is 2.27. The number of hydrazine groups is 3. The van der Waals surface area contributed by atoms with Gasteiger partial charge in [0.25, 0.3) is 0 Å². The van der Waals surface area contributed by atoms with Crippen LogP contribution in [-0.2, 0) is 0 Å². The first-order chi connectivity index (χ1) is 4.86. The van der Waals surface area contributed by atoms with Crippen molar-refractivity contribution in [1.29, 1.82) is 0 Å². The normalized spacial score (nSPS) is 21.5. The van der Waals surface area contributed by atoms with Crippen LogP contribution in [0.15, 0.2) is 29.3 Å². The van der Waals surface area contributed by atoms with Gasteiger partial charge in [-0.1, -0.05) is 0 Å². The fraction of sp³-hybridized carbons (Fsp3) is 0. The second-order valence-electron chi connectivity index (χ2n) is 1.98. The molecule has 0 saturated heterocycles. The summed E-state index contributed by atoms with van der Waals surface area (Å²) in [5.41, 5.74) is 2.81. The summed E-state index contributed by atoms with van der Waals surface area (Å²) in [6.07, 6.45) is 7.07. The van der Waals surface area contributed by atoms with Crippen molar-refractivity contribution >= 4 is 6.21 Å². The van der Waals surface area contributed by atoms with Crippen molar-refractivity contribution in [3.8, 4) is 0 Å². The molecule has 0 aromatic rings. The topological polar surface area (TPSA) is 56.9 Å². The van der Waals surface area contributed by atoms with Gasteiger partial charge in [-0.3, -0.25) is 0 Å². The Labute approximate surface area is 58.0 Å². The highest BCUT2D eigenvalue weighted by atomic mass is 15.9. The minimum Gasteiger partial charge on any atom is -0.246 e. The molecule has 0 aromatic heterocycles. The summed E-state index contributed by atoms with van der Waals surface area (Å²) < 4.78 is 0. The van der Waals surface area contributed by atoms with Gasteiger partial charge in [0, 0.05) is 12.4 Å². The number of fused-ring (bicyclic) bond motifs is 1. The number of allylic oxidation sites excluding steroid dienone is 1. The predicted octanol–water partition coefficient (Wildman–Crippen LogP) is -0.706. The van der Waals surface area contributed by atoms with Crippen molar-refractivity contribution < 1.29 is 0 Å². The van der Waals surface area contributed by atoms with Gasteiger partial charge in [0.05, 0.1) is 6.20 Å². The van der Waals surface area contributed by atoms with E-state index in [-0.39, 0.29) is 0 Å². The van der Waals surface area contributed by atoms with E-state index in [0.29, 0.717) is 0 Å². The predicted molar refractivity (Wildman–Crippen MR) is 36.7 cm³/mol. The molecule has 0 spiro atoms. The smallest absolute Gasteiger partial charge is 0.167 e. The van der Waals surface area contributed by atoms with Gasteiger partial charge < -0.3 is 0 Å². The zero-order chi connectivity index (χ0) is 6.97. The highest BCUT2D eigenvalue weighted by molar-refractivity contribution is 5.73. The van der Waals surface area contributed by atoms with Gasteiger partial charge in [-0.05, 0) is 6.08 Å². The molecule has 0 atom stereocenters. The van der Waals surface area contributed by atoms with Crippen molar-refractivity contribution in [1.82, 2.24) is 15.7 Å². The summed E-state index contributed by atoms with van der Waals surface area (Å²) in [5, 5.41) is 3.07. The fourth-order valence-electron chi connectivity index (χ4n) is 0.840. The van der Waals surface area contributed by atoms with E-state index < -0.39 is 0 Å². The molecule has 10 heavy (non-hydrogen) atoms. The first-order valence-corrected chi connectivity index (χ1v) is 2.88. The van der Waals surface area contributed by atoms with Crippen LogP contribution in [0.2, 0.25) is 0 Å². The Morgan fingerprint density at radius 1 is 1.60 bits per heavy atom. The maximum atomic E-state index is 5.39. The summed E-state index contributed by atoms with van der Waals surface area (Å²) in [4.78, 5) is 4.03. The molecule has 0 aliphatic carbocycles. The zero-order valence-electron chi connectivity index (χ0n) is 5.23. The van der Waals surface area contributed by atoms with E-state index in [1.165, 1.54) is 5.12 Å². The number of nitrogens with one attached hydrogen (secondary N) is 1. The van der Waals surface area contributed by atoms with Crippen LogP contribution in [0.5, 0.6) is 0 Å². The van der Waals surface area contributed by atoms with E-state index >= 15 is 0 Å². The highest BCUT2D eigenvalue weighted by Crippen LogP contribution is 2.11. The molecular formula is C5H7N5. The van der Waals surface area contributed by atoms with E-state index in [2.05, 4.69) is 10.5 Å². The second-order valence-corrected chi connectivity index (χ2v) is 1.98. The number of nitrogens with zero attached hydrogens (tertiary/aromatic N) is 3. The van der Waals surface area contributed by atoms with Crippen LogP contribution in [0.3, 0.4) is 0 Å². The Balaban J connectivity index is 2.29. The van der Waals surface area contributed by atoms with Crippen LogP contribution < -0.4 is 11.4 Å². The minimum absolute atomic E-state index is 0.796. The zero-order valence-corrected chi connectivity index (χ0v) is 5.23. The molecular weight excluding hydrogens is 130 g/mol. The maximum absolute atomic E-state index is 5.39. The lowest BCUT2D eigenvalue weighted by atomic mass is 10.5. The largest absolute Gasteiger partial charge is 0.246 e. The molecule has 2 aliphatic heterocycles. The average molecular weight is 137 g/mol. The highest BCUT2D eigenvalue weighted by Gasteiger charge is 2.15. The van der Waals surface area contributed by atoms with E-state index in [9.17, 15) is 0 Å². The third kappa shape index (κ3) is 0.687. The summed E-state index contributed by atoms with van der Waals surface area (Å²) in [5.74, 6) is 6.19. The van der Waals surface area contributed by atoms with E-state index in [1.807, 2.05) is 12.3 Å². The molecule has 0 aromatic carbocycles. The van der Waals surface area contributed by atoms with Crippen LogP contribution in [0, 0.1) is 0 Å². The Kier molecular flexibility index (Phi) is 0.996. The van der Waals surface area contributed by atoms with Gasteiger partial charge in [-0.2, -0.15) is 0 Å². The van der Waals surface area contributed by atoms with Crippen LogP contribution in [0.4, 0.5) is 0 Å². The van der Waals surface area contributed by atoms with Crippen molar-refractivity contribution in [2.75, 3.05) is 0 Å². The lowest BCUT2D eigenvalue weighted by Crippen LogP contribution is -2.41.